The molecule has 0 radical (unpaired) electrons. The van der Waals surface area contributed by atoms with Gasteiger partial charge in [-0.15, -0.1) is 0 Å². The minimum absolute atomic E-state index is 0.113. The number of carbonyl (C=O) groups excluding carboxylic acids is 1. The highest BCUT2D eigenvalue weighted by Crippen LogP contribution is 2.55. The first kappa shape index (κ1) is 46.9. The highest BCUT2D eigenvalue weighted by Gasteiger charge is 2.65. The van der Waals surface area contributed by atoms with Crippen LogP contribution < -0.4 is 4.74 Å². The van der Waals surface area contributed by atoms with Gasteiger partial charge < -0.3 is 63.4 Å². The van der Waals surface area contributed by atoms with Crippen molar-refractivity contribution >= 4 is 11.9 Å². The molecule has 5 heterocycles. The van der Waals surface area contributed by atoms with Crippen molar-refractivity contribution in [1.82, 2.24) is 0 Å². The van der Waals surface area contributed by atoms with Gasteiger partial charge in [-0.25, -0.2) is 9.59 Å². The lowest BCUT2D eigenvalue weighted by Gasteiger charge is -2.49. The Bertz CT molecular complexity index is 1710. The number of carboxylic acid groups (broad SMARTS) is 1. The van der Waals surface area contributed by atoms with Crippen molar-refractivity contribution in [2.75, 3.05) is 14.2 Å². The highest BCUT2D eigenvalue weighted by molar-refractivity contribution is 5.95. The van der Waals surface area contributed by atoms with Crippen LogP contribution in [0.1, 0.15) is 123 Å². The molecule has 18 atom stereocenters. The van der Waals surface area contributed by atoms with E-state index in [9.17, 15) is 35.1 Å². The number of methoxy groups -OCH3 is 2. The summed E-state index contributed by atoms with van der Waals surface area (Å²) in [5.74, 6) is -5.40. The molecule has 60 heavy (non-hydrogen) atoms. The lowest BCUT2D eigenvalue weighted by atomic mass is 9.77. The van der Waals surface area contributed by atoms with E-state index in [-0.39, 0.29) is 48.2 Å². The number of aromatic hydroxyl groups is 1. The highest BCUT2D eigenvalue weighted by atomic mass is 16.7. The van der Waals surface area contributed by atoms with Crippen LogP contribution in [0.25, 0.3) is 0 Å². The molecular weight excluding hydrogens is 780 g/mol. The number of hydrogen-bond donors (Lipinski definition) is 5. The summed E-state index contributed by atoms with van der Waals surface area (Å²) in [6.07, 6.45) is -2.00. The van der Waals surface area contributed by atoms with Gasteiger partial charge in [0.15, 0.2) is 11.4 Å². The fourth-order valence-corrected chi connectivity index (χ4v) is 11.4. The molecule has 0 amide bonds. The van der Waals surface area contributed by atoms with E-state index in [1.807, 2.05) is 27.7 Å². The van der Waals surface area contributed by atoms with E-state index in [1.54, 1.807) is 27.9 Å². The zero-order valence-electron chi connectivity index (χ0n) is 37.4. The Labute approximate surface area is 354 Å². The number of carboxylic acids is 1. The summed E-state index contributed by atoms with van der Waals surface area (Å²) in [7, 11) is 3.08. The molecule has 1 spiro atoms. The van der Waals surface area contributed by atoms with Gasteiger partial charge >= 0.3 is 11.9 Å². The van der Waals surface area contributed by atoms with E-state index in [1.165, 1.54) is 19.2 Å². The number of aliphatic hydroxyl groups is 3. The number of ether oxygens (including phenoxy) is 8. The number of aliphatic hydroxyl groups excluding tert-OH is 2. The van der Waals surface area contributed by atoms with E-state index in [0.717, 1.165) is 19.8 Å². The summed E-state index contributed by atoms with van der Waals surface area (Å²) in [4.78, 5) is 26.2. The van der Waals surface area contributed by atoms with Crippen LogP contribution in [-0.4, -0.2) is 135 Å². The Balaban J connectivity index is 1.20. The Kier molecular flexibility index (Phi) is 13.2. The fraction of sp³-hybridized carbons (Fsp3) is 0.822. The number of rotatable bonds is 13. The van der Waals surface area contributed by atoms with Crippen LogP contribution in [0.3, 0.4) is 0 Å². The number of phenolic OH excluding ortho intramolecular Hbond substituents is 1. The fourth-order valence-electron chi connectivity index (χ4n) is 11.4. The third-order valence-electron chi connectivity index (χ3n) is 15.0. The van der Waals surface area contributed by atoms with Gasteiger partial charge in [0.05, 0.1) is 67.1 Å². The second kappa shape index (κ2) is 16.8. The minimum atomic E-state index is -2.59. The smallest absolute Gasteiger partial charge is 0.342 e. The first-order chi connectivity index (χ1) is 27.9. The van der Waals surface area contributed by atoms with Gasteiger partial charge in [-0.3, -0.25) is 0 Å². The van der Waals surface area contributed by atoms with Crippen LogP contribution in [0.4, 0.5) is 0 Å². The van der Waals surface area contributed by atoms with Gasteiger partial charge in [-0.05, 0) is 83.8 Å². The molecule has 340 valence electrons. The molecule has 1 aromatic rings. The van der Waals surface area contributed by atoms with Gasteiger partial charge in [-0.1, -0.05) is 34.6 Å². The van der Waals surface area contributed by atoms with Crippen molar-refractivity contribution in [3.63, 3.8) is 0 Å². The third kappa shape index (κ3) is 8.20. The maximum atomic E-state index is 13.7. The molecule has 0 unspecified atom stereocenters. The largest absolute Gasteiger partial charge is 0.507 e. The third-order valence-corrected chi connectivity index (χ3v) is 15.0. The average molecular weight is 851 g/mol. The topological polar surface area (TPSA) is 209 Å². The second-order valence-electron chi connectivity index (χ2n) is 19.6. The van der Waals surface area contributed by atoms with E-state index in [0.29, 0.717) is 37.0 Å². The predicted octanol–water partition coefficient (Wildman–Crippen LogP) is 5.07. The van der Waals surface area contributed by atoms with Gasteiger partial charge in [0.2, 0.25) is 0 Å². The molecule has 5 fully saturated rings. The van der Waals surface area contributed by atoms with E-state index >= 15 is 0 Å². The number of hydrogen-bond acceptors (Lipinski definition) is 14. The van der Waals surface area contributed by atoms with Crippen LogP contribution in [0.5, 0.6) is 11.5 Å². The van der Waals surface area contributed by atoms with Gasteiger partial charge in [0, 0.05) is 44.3 Å². The summed E-state index contributed by atoms with van der Waals surface area (Å²) < 4.78 is 51.4. The molecule has 0 aliphatic carbocycles. The first-order valence-corrected chi connectivity index (χ1v) is 21.7. The van der Waals surface area contributed by atoms with Gasteiger partial charge in [0.1, 0.15) is 28.8 Å². The lowest BCUT2D eigenvalue weighted by Crippen LogP contribution is -2.60. The number of benzene rings is 1. The van der Waals surface area contributed by atoms with E-state index in [2.05, 4.69) is 13.8 Å². The molecular formula is C45H70O15. The predicted molar refractivity (Wildman–Crippen MR) is 217 cm³/mol. The summed E-state index contributed by atoms with van der Waals surface area (Å²) in [6.45, 7) is 18.2. The molecule has 0 bridgehead atoms. The zero-order valence-corrected chi connectivity index (χ0v) is 37.4. The Morgan fingerprint density at radius 1 is 1.02 bits per heavy atom. The molecule has 5 N–H and O–H groups in total. The monoisotopic (exact) mass is 850 g/mol. The molecule has 6 rings (SSSR count). The summed E-state index contributed by atoms with van der Waals surface area (Å²) in [5.41, 5.74) is -4.87. The zero-order chi connectivity index (χ0) is 44.5. The molecule has 5 aliphatic rings. The van der Waals surface area contributed by atoms with Crippen molar-refractivity contribution in [2.24, 2.45) is 23.7 Å². The normalized spacial score (nSPS) is 43.1. The number of phenols is 1. The van der Waals surface area contributed by atoms with E-state index < -0.39 is 88.2 Å². The van der Waals surface area contributed by atoms with Crippen molar-refractivity contribution < 1.29 is 73.0 Å². The van der Waals surface area contributed by atoms with Crippen LogP contribution in [-0.2, 0) is 38.0 Å². The van der Waals surface area contributed by atoms with Crippen LogP contribution in [0.15, 0.2) is 12.1 Å². The Hall–Kier alpha value is -2.60. The molecule has 1 aromatic carbocycles. The molecule has 0 aromatic heterocycles. The molecule has 5 aliphatic heterocycles. The number of carbonyl (C=O) groups is 2. The SMILES string of the molecule is CC[C@@H](O)[C@]1(C)C[C@H](C)[C@@H]([C@H]2C[C@H](C)[C@H]([C@@]3(C)O[C@@H]([C@]4(C)CC[C@]5(C[C@H](O)[C@@H](C)[C@@H]([C@@H](C)[C@@H](OC(=O)c6c(C)cc(OC)cc6O)[C@@](C)(O)C(=O)O)O5)O4)C[C@@H]3OC)O2)O1. The number of aryl methyl sites for hydroxylation is 1. The molecule has 0 saturated carbocycles. The maximum absolute atomic E-state index is 13.7. The van der Waals surface area contributed by atoms with Crippen molar-refractivity contribution in [1.29, 1.82) is 0 Å². The first-order valence-electron chi connectivity index (χ1n) is 21.7. The summed E-state index contributed by atoms with van der Waals surface area (Å²) in [5, 5.41) is 54.7. The van der Waals surface area contributed by atoms with Crippen molar-refractivity contribution in [3.05, 3.63) is 23.3 Å². The van der Waals surface area contributed by atoms with Crippen molar-refractivity contribution in [3.8, 4) is 11.5 Å². The van der Waals surface area contributed by atoms with Crippen LogP contribution >= 0.6 is 0 Å². The number of aliphatic carboxylic acids is 1. The minimum Gasteiger partial charge on any atom is -0.507 e. The molecule has 15 heteroatoms. The average Bonchev–Trinajstić information content (AvgIpc) is 3.93. The number of esters is 1. The second-order valence-corrected chi connectivity index (χ2v) is 19.6. The van der Waals surface area contributed by atoms with Crippen LogP contribution in [0.2, 0.25) is 0 Å². The standard InChI is InChI=1S/C45H70O15/c1-13-31(48)42(8)20-24(4)35(58-42)30-17-23(3)37(55-30)44(10)33(54-12)19-32(57-44)41(7)14-15-45(60-41)21-29(47)25(5)36(59-45)26(6)38(43(9,52)40(50)51)56-39(49)34-22(2)16-27(53-11)18-28(34)46/h16,18,23-26,29-33,35-38,46-48,52H,13-15,17,19-21H2,1-12H3,(H,50,51)/t23-,24-,25+,26+,29-,30+,31+,32+,33-,35-,36-,37+,38+,41-,42-,43+,44-,45+/m0/s1. The van der Waals surface area contributed by atoms with Crippen LogP contribution in [0, 0.1) is 30.6 Å². The Morgan fingerprint density at radius 3 is 2.30 bits per heavy atom. The van der Waals surface area contributed by atoms with Gasteiger partial charge in [-0.2, -0.15) is 0 Å². The van der Waals surface area contributed by atoms with Gasteiger partial charge in [0.25, 0.3) is 0 Å². The summed E-state index contributed by atoms with van der Waals surface area (Å²) in [6, 6.07) is 2.76. The molecule has 5 saturated heterocycles. The van der Waals surface area contributed by atoms with E-state index in [4.69, 9.17) is 37.9 Å². The molecule has 15 nitrogen and oxygen atoms in total. The summed E-state index contributed by atoms with van der Waals surface area (Å²) >= 11 is 0. The lowest BCUT2D eigenvalue weighted by molar-refractivity contribution is -0.336. The quantitative estimate of drug-likeness (QED) is 0.164. The van der Waals surface area contributed by atoms with Crippen molar-refractivity contribution in [2.45, 2.75) is 197 Å². The maximum Gasteiger partial charge on any atom is 0.342 e. The Morgan fingerprint density at radius 2 is 1.70 bits per heavy atom.